The van der Waals surface area contributed by atoms with Crippen LogP contribution in [0.5, 0.6) is 0 Å². The van der Waals surface area contributed by atoms with Gasteiger partial charge in [-0.3, -0.25) is 4.79 Å². The summed E-state index contributed by atoms with van der Waals surface area (Å²) in [6, 6.07) is 10.5. The number of carbonyl (C=O) groups is 1. The first-order chi connectivity index (χ1) is 13.6. The van der Waals surface area contributed by atoms with Gasteiger partial charge in [0.2, 0.25) is 0 Å². The van der Waals surface area contributed by atoms with Gasteiger partial charge < -0.3 is 4.74 Å². The number of nitrogens with zero attached hydrogens (tertiary/aromatic N) is 1. The quantitative estimate of drug-likeness (QED) is 0.463. The fourth-order valence-corrected chi connectivity index (χ4v) is 4.57. The molecule has 3 nitrogen and oxygen atoms in total. The molecular weight excluding hydrogens is 353 g/mol. The third kappa shape index (κ3) is 5.44. The summed E-state index contributed by atoms with van der Waals surface area (Å²) in [6.45, 7) is 2.17. The summed E-state index contributed by atoms with van der Waals surface area (Å²) >= 11 is 0. The van der Waals surface area contributed by atoms with Gasteiger partial charge >= 0.3 is 5.97 Å². The van der Waals surface area contributed by atoms with Crippen molar-refractivity contribution in [1.29, 1.82) is 5.26 Å². The van der Waals surface area contributed by atoms with Crippen LogP contribution in [0.4, 0.5) is 4.39 Å². The maximum atomic E-state index is 13.1. The van der Waals surface area contributed by atoms with E-state index in [0.29, 0.717) is 5.92 Å². The zero-order valence-corrected chi connectivity index (χ0v) is 16.7. The predicted molar refractivity (Wildman–Crippen MR) is 107 cm³/mol. The fourth-order valence-electron chi connectivity index (χ4n) is 4.57. The van der Waals surface area contributed by atoms with E-state index in [1.165, 1.54) is 23.3 Å². The van der Waals surface area contributed by atoms with Gasteiger partial charge in [-0.05, 0) is 86.8 Å². The van der Waals surface area contributed by atoms with E-state index in [2.05, 4.69) is 31.2 Å². The van der Waals surface area contributed by atoms with E-state index < -0.39 is 5.83 Å². The molecule has 0 atom stereocenters. The van der Waals surface area contributed by atoms with E-state index in [1.54, 1.807) is 0 Å². The molecule has 150 valence electrons. The summed E-state index contributed by atoms with van der Waals surface area (Å²) in [6.07, 6.45) is 9.41. The number of hydrogen-bond acceptors (Lipinski definition) is 3. The summed E-state index contributed by atoms with van der Waals surface area (Å²) in [4.78, 5) is 12.5. The Morgan fingerprint density at radius 1 is 1.11 bits per heavy atom. The Morgan fingerprint density at radius 2 is 1.75 bits per heavy atom. The SMILES string of the molecule is CCc1ccc(C2CCC(OC(=O)C3CCC(/C=C(/F)C#N)CC3)CC2)cc1. The number of carbonyl (C=O) groups excluding carboxylic acids is 1. The molecule has 0 amide bonds. The van der Waals surface area contributed by atoms with E-state index in [0.717, 1.165) is 57.8 Å². The predicted octanol–water partition coefficient (Wildman–Crippen LogP) is 6.00. The van der Waals surface area contributed by atoms with Crippen LogP contribution in [0.15, 0.2) is 36.2 Å². The van der Waals surface area contributed by atoms with Crippen LogP contribution in [-0.4, -0.2) is 12.1 Å². The molecule has 0 unspecified atom stereocenters. The van der Waals surface area contributed by atoms with Crippen molar-refractivity contribution in [2.45, 2.75) is 76.7 Å². The van der Waals surface area contributed by atoms with Crippen molar-refractivity contribution in [2.24, 2.45) is 11.8 Å². The molecule has 0 saturated heterocycles. The number of rotatable bonds is 5. The van der Waals surface area contributed by atoms with Crippen LogP contribution in [-0.2, 0) is 16.0 Å². The molecule has 0 heterocycles. The second-order valence-electron chi connectivity index (χ2n) is 8.24. The van der Waals surface area contributed by atoms with Crippen molar-refractivity contribution in [1.82, 2.24) is 0 Å². The van der Waals surface area contributed by atoms with Gasteiger partial charge in [0, 0.05) is 0 Å². The number of hydrogen-bond donors (Lipinski definition) is 0. The molecular formula is C24H30FNO2. The monoisotopic (exact) mass is 383 g/mol. The molecule has 1 aromatic rings. The van der Waals surface area contributed by atoms with E-state index in [4.69, 9.17) is 10.00 Å². The largest absolute Gasteiger partial charge is 0.462 e. The Morgan fingerprint density at radius 3 is 2.32 bits per heavy atom. The standard InChI is InChI=1S/C24H30FNO2/c1-2-17-3-7-19(8-4-17)20-11-13-23(14-12-20)28-24(27)21-9-5-18(6-10-21)15-22(25)16-26/h3-4,7-8,15,18,20-21,23H,2,5-6,9-14H2,1H3/b22-15+. The van der Waals surface area contributed by atoms with E-state index in [9.17, 15) is 9.18 Å². The van der Waals surface area contributed by atoms with Crippen LogP contribution in [0.1, 0.15) is 75.3 Å². The molecule has 0 radical (unpaired) electrons. The number of allylic oxidation sites excluding steroid dienone is 2. The Kier molecular flexibility index (Phi) is 7.25. The van der Waals surface area contributed by atoms with Gasteiger partial charge in [0.05, 0.1) is 5.92 Å². The van der Waals surface area contributed by atoms with Gasteiger partial charge in [-0.1, -0.05) is 31.2 Å². The third-order valence-electron chi connectivity index (χ3n) is 6.41. The average Bonchev–Trinajstić information content (AvgIpc) is 2.74. The van der Waals surface area contributed by atoms with Crippen molar-refractivity contribution in [3.8, 4) is 6.07 Å². The highest BCUT2D eigenvalue weighted by atomic mass is 19.1. The summed E-state index contributed by atoms with van der Waals surface area (Å²) in [5.74, 6) is -0.239. The second-order valence-corrected chi connectivity index (χ2v) is 8.24. The van der Waals surface area contributed by atoms with Crippen molar-refractivity contribution >= 4 is 5.97 Å². The van der Waals surface area contributed by atoms with E-state index in [-0.39, 0.29) is 23.9 Å². The zero-order chi connectivity index (χ0) is 19.9. The highest BCUT2D eigenvalue weighted by Crippen LogP contribution is 2.36. The molecule has 0 N–H and O–H groups in total. The fraction of sp³-hybridized carbons (Fsp3) is 0.583. The zero-order valence-electron chi connectivity index (χ0n) is 16.7. The van der Waals surface area contributed by atoms with Crippen LogP contribution < -0.4 is 0 Å². The molecule has 0 bridgehead atoms. The topological polar surface area (TPSA) is 50.1 Å². The second kappa shape index (κ2) is 9.87. The van der Waals surface area contributed by atoms with E-state index in [1.807, 2.05) is 0 Å². The van der Waals surface area contributed by atoms with Gasteiger partial charge in [-0.2, -0.15) is 9.65 Å². The first-order valence-corrected chi connectivity index (χ1v) is 10.7. The third-order valence-corrected chi connectivity index (χ3v) is 6.41. The van der Waals surface area contributed by atoms with Crippen LogP contribution in [0.3, 0.4) is 0 Å². The van der Waals surface area contributed by atoms with Gasteiger partial charge in [0.25, 0.3) is 0 Å². The Hall–Kier alpha value is -2.15. The lowest BCUT2D eigenvalue weighted by Gasteiger charge is -2.31. The lowest BCUT2D eigenvalue weighted by molar-refractivity contribution is -0.157. The first-order valence-electron chi connectivity index (χ1n) is 10.7. The Labute approximate surface area is 167 Å². The summed E-state index contributed by atoms with van der Waals surface area (Å²) in [5, 5.41) is 8.54. The number of nitriles is 1. The van der Waals surface area contributed by atoms with Crippen LogP contribution in [0.2, 0.25) is 0 Å². The molecule has 4 heteroatoms. The molecule has 2 saturated carbocycles. The lowest BCUT2D eigenvalue weighted by atomic mass is 9.81. The molecule has 2 aliphatic rings. The summed E-state index contributed by atoms with van der Waals surface area (Å²) < 4.78 is 18.9. The normalized spacial score (nSPS) is 28.4. The van der Waals surface area contributed by atoms with Gasteiger partial charge in [-0.25, -0.2) is 0 Å². The minimum Gasteiger partial charge on any atom is -0.462 e. The number of halogens is 1. The molecule has 0 spiro atoms. The molecule has 3 rings (SSSR count). The Bertz CT molecular complexity index is 718. The molecule has 2 aliphatic carbocycles. The first kappa shape index (κ1) is 20.6. The number of aryl methyl sites for hydroxylation is 1. The van der Waals surface area contributed by atoms with Gasteiger partial charge in [-0.15, -0.1) is 0 Å². The smallest absolute Gasteiger partial charge is 0.309 e. The summed E-state index contributed by atoms with van der Waals surface area (Å²) in [5.41, 5.74) is 2.77. The molecule has 2 fully saturated rings. The van der Waals surface area contributed by atoms with Crippen LogP contribution >= 0.6 is 0 Å². The maximum Gasteiger partial charge on any atom is 0.309 e. The van der Waals surface area contributed by atoms with Gasteiger partial charge in [0.15, 0.2) is 5.83 Å². The molecule has 1 aromatic carbocycles. The minimum atomic E-state index is -0.716. The highest BCUT2D eigenvalue weighted by molar-refractivity contribution is 5.72. The molecule has 0 aromatic heterocycles. The van der Waals surface area contributed by atoms with Crippen molar-refractivity contribution in [3.05, 3.63) is 47.3 Å². The van der Waals surface area contributed by atoms with Crippen molar-refractivity contribution in [3.63, 3.8) is 0 Å². The van der Waals surface area contributed by atoms with Crippen molar-refractivity contribution in [2.75, 3.05) is 0 Å². The summed E-state index contributed by atoms with van der Waals surface area (Å²) in [7, 11) is 0. The van der Waals surface area contributed by atoms with Crippen molar-refractivity contribution < 1.29 is 13.9 Å². The van der Waals surface area contributed by atoms with Gasteiger partial charge in [0.1, 0.15) is 12.2 Å². The van der Waals surface area contributed by atoms with Crippen LogP contribution in [0, 0.1) is 23.2 Å². The average molecular weight is 384 g/mol. The number of esters is 1. The number of benzene rings is 1. The molecule has 28 heavy (non-hydrogen) atoms. The number of ether oxygens (including phenoxy) is 1. The molecule has 0 aliphatic heterocycles. The van der Waals surface area contributed by atoms with Crippen LogP contribution in [0.25, 0.3) is 0 Å². The maximum absolute atomic E-state index is 13.1. The minimum absolute atomic E-state index is 0.0346. The van der Waals surface area contributed by atoms with E-state index >= 15 is 0 Å². The Balaban J connectivity index is 1.42. The highest BCUT2D eigenvalue weighted by Gasteiger charge is 2.30. The lowest BCUT2D eigenvalue weighted by Crippen LogP contribution is -2.29.